The van der Waals surface area contributed by atoms with E-state index in [4.69, 9.17) is 10.2 Å². The Kier molecular flexibility index (Phi) is 3.64. The number of fused-ring (bicyclic) bond motifs is 1. The van der Waals surface area contributed by atoms with Crippen LogP contribution in [-0.4, -0.2) is 29.1 Å². The van der Waals surface area contributed by atoms with Crippen molar-refractivity contribution < 1.29 is 19.1 Å². The number of hydrogen-bond donors (Lipinski definition) is 3. The van der Waals surface area contributed by atoms with Crippen LogP contribution in [0.4, 0.5) is 0 Å². The molecule has 1 aromatic heterocycles. The van der Waals surface area contributed by atoms with E-state index < -0.39 is 24.0 Å². The van der Waals surface area contributed by atoms with Crippen LogP contribution >= 0.6 is 0 Å². The molecule has 0 spiro atoms. The molecule has 0 radical (unpaired) electrons. The standard InChI is InChI=1S/C17H20N2O4/c1-9-14(15(21)19-17(2,8-20)16(18)22)12-7-11(10-3-4-10)5-6-13(12)23-9/h5-7,10,20H,3-4,8H2,1-2H3,(H2,18,22)(H,19,21)/t17-/m0/s1. The molecule has 1 heterocycles. The van der Waals surface area contributed by atoms with Gasteiger partial charge in [0.25, 0.3) is 5.91 Å². The van der Waals surface area contributed by atoms with Gasteiger partial charge in [-0.15, -0.1) is 0 Å². The van der Waals surface area contributed by atoms with Crippen molar-refractivity contribution in [2.45, 2.75) is 38.1 Å². The van der Waals surface area contributed by atoms with Crippen LogP contribution in [0.25, 0.3) is 11.0 Å². The molecule has 0 unspecified atom stereocenters. The van der Waals surface area contributed by atoms with Crippen LogP contribution in [0.1, 0.15) is 47.4 Å². The maximum atomic E-state index is 12.6. The monoisotopic (exact) mass is 316 g/mol. The molecular formula is C17H20N2O4. The molecule has 1 fully saturated rings. The Morgan fingerprint density at radius 2 is 2.13 bits per heavy atom. The fraction of sp³-hybridized carbons (Fsp3) is 0.412. The third-order valence-electron chi connectivity index (χ3n) is 4.41. The van der Waals surface area contributed by atoms with Crippen LogP contribution < -0.4 is 11.1 Å². The third kappa shape index (κ3) is 2.70. The molecule has 1 aliphatic rings. The number of carbonyl (C=O) groups is 2. The lowest BCUT2D eigenvalue weighted by Gasteiger charge is -2.24. The minimum Gasteiger partial charge on any atom is -0.461 e. The summed E-state index contributed by atoms with van der Waals surface area (Å²) in [6.07, 6.45) is 2.32. The van der Waals surface area contributed by atoms with E-state index in [0.717, 1.165) is 12.8 Å². The first-order chi connectivity index (χ1) is 10.9. The lowest BCUT2D eigenvalue weighted by Crippen LogP contribution is -2.57. The highest BCUT2D eigenvalue weighted by atomic mass is 16.3. The lowest BCUT2D eigenvalue weighted by atomic mass is 10.0. The molecular weight excluding hydrogens is 296 g/mol. The molecule has 1 aromatic carbocycles. The van der Waals surface area contributed by atoms with Gasteiger partial charge in [-0.05, 0) is 50.3 Å². The number of primary amides is 1. The molecule has 6 heteroatoms. The van der Waals surface area contributed by atoms with Crippen LogP contribution in [0, 0.1) is 6.92 Å². The first-order valence-corrected chi connectivity index (χ1v) is 7.62. The van der Waals surface area contributed by atoms with Gasteiger partial charge in [-0.25, -0.2) is 0 Å². The van der Waals surface area contributed by atoms with Crippen molar-refractivity contribution in [2.75, 3.05) is 6.61 Å². The van der Waals surface area contributed by atoms with E-state index in [1.165, 1.54) is 12.5 Å². The maximum Gasteiger partial charge on any atom is 0.256 e. The molecule has 1 aliphatic carbocycles. The molecule has 1 saturated carbocycles. The molecule has 23 heavy (non-hydrogen) atoms. The van der Waals surface area contributed by atoms with Gasteiger partial charge in [0.05, 0.1) is 12.2 Å². The predicted octanol–water partition coefficient (Wildman–Crippen LogP) is 1.58. The van der Waals surface area contributed by atoms with Crippen LogP contribution in [0.2, 0.25) is 0 Å². The Balaban J connectivity index is 2.00. The summed E-state index contributed by atoms with van der Waals surface area (Å²) < 4.78 is 5.64. The van der Waals surface area contributed by atoms with Gasteiger partial charge < -0.3 is 20.6 Å². The van der Waals surface area contributed by atoms with Gasteiger partial charge in [0, 0.05) is 5.39 Å². The van der Waals surface area contributed by atoms with Gasteiger partial charge in [-0.1, -0.05) is 6.07 Å². The summed E-state index contributed by atoms with van der Waals surface area (Å²) in [7, 11) is 0. The highest BCUT2D eigenvalue weighted by molar-refractivity contribution is 6.09. The molecule has 0 bridgehead atoms. The molecule has 3 rings (SSSR count). The van der Waals surface area contributed by atoms with Gasteiger partial charge in [-0.2, -0.15) is 0 Å². The van der Waals surface area contributed by atoms with Crippen molar-refractivity contribution in [3.63, 3.8) is 0 Å². The number of carbonyl (C=O) groups excluding carboxylic acids is 2. The number of amides is 2. The number of aliphatic hydroxyl groups excluding tert-OH is 1. The zero-order chi connectivity index (χ0) is 16.8. The number of hydrogen-bond acceptors (Lipinski definition) is 4. The fourth-order valence-electron chi connectivity index (χ4n) is 2.68. The van der Waals surface area contributed by atoms with Gasteiger partial charge in [0.15, 0.2) is 0 Å². The maximum absolute atomic E-state index is 12.6. The van der Waals surface area contributed by atoms with E-state index in [1.54, 1.807) is 6.92 Å². The quantitative estimate of drug-likeness (QED) is 0.778. The van der Waals surface area contributed by atoms with E-state index >= 15 is 0 Å². The van der Waals surface area contributed by atoms with E-state index in [0.29, 0.717) is 28.2 Å². The van der Waals surface area contributed by atoms with Gasteiger partial charge >= 0.3 is 0 Å². The Morgan fingerprint density at radius 3 is 2.70 bits per heavy atom. The summed E-state index contributed by atoms with van der Waals surface area (Å²) in [6.45, 7) is 2.52. The van der Waals surface area contributed by atoms with Crippen LogP contribution in [0.5, 0.6) is 0 Å². The molecule has 6 nitrogen and oxygen atoms in total. The van der Waals surface area contributed by atoms with Crippen molar-refractivity contribution in [3.05, 3.63) is 35.1 Å². The third-order valence-corrected chi connectivity index (χ3v) is 4.41. The van der Waals surface area contributed by atoms with Crippen molar-refractivity contribution >= 4 is 22.8 Å². The molecule has 4 N–H and O–H groups in total. The second-order valence-electron chi connectivity index (χ2n) is 6.37. The number of aliphatic hydroxyl groups is 1. The van der Waals surface area contributed by atoms with E-state index in [-0.39, 0.29) is 0 Å². The van der Waals surface area contributed by atoms with Crippen LogP contribution in [0.3, 0.4) is 0 Å². The largest absolute Gasteiger partial charge is 0.461 e. The second-order valence-corrected chi connectivity index (χ2v) is 6.37. The van der Waals surface area contributed by atoms with E-state index in [9.17, 15) is 14.7 Å². The smallest absolute Gasteiger partial charge is 0.256 e. The molecule has 2 aromatic rings. The zero-order valence-electron chi connectivity index (χ0n) is 13.2. The number of nitrogens with two attached hydrogens (primary N) is 1. The Labute approximate surface area is 133 Å². The highest BCUT2D eigenvalue weighted by Crippen LogP contribution is 2.41. The normalized spacial score (nSPS) is 17.0. The van der Waals surface area contributed by atoms with E-state index in [1.807, 2.05) is 18.2 Å². The first kappa shape index (κ1) is 15.6. The summed E-state index contributed by atoms with van der Waals surface area (Å²) in [5, 5.41) is 12.6. The Hall–Kier alpha value is -2.34. The predicted molar refractivity (Wildman–Crippen MR) is 85.1 cm³/mol. The number of aryl methyl sites for hydroxylation is 1. The average Bonchev–Trinajstić information content (AvgIpc) is 3.28. The number of furan rings is 1. The number of benzene rings is 1. The summed E-state index contributed by atoms with van der Waals surface area (Å²) >= 11 is 0. The van der Waals surface area contributed by atoms with E-state index in [2.05, 4.69) is 5.32 Å². The molecule has 0 aliphatic heterocycles. The average molecular weight is 316 g/mol. The summed E-state index contributed by atoms with van der Waals surface area (Å²) in [4.78, 5) is 24.1. The minimum atomic E-state index is -1.51. The Bertz CT molecular complexity index is 791. The molecule has 2 amide bonds. The SMILES string of the molecule is Cc1oc2ccc(C3CC3)cc2c1C(=O)N[C@@](C)(CO)C(N)=O. The molecule has 0 saturated heterocycles. The van der Waals surface area contributed by atoms with Crippen molar-refractivity contribution in [2.24, 2.45) is 5.73 Å². The van der Waals surface area contributed by atoms with Gasteiger partial charge in [-0.3, -0.25) is 9.59 Å². The first-order valence-electron chi connectivity index (χ1n) is 7.62. The summed E-state index contributed by atoms with van der Waals surface area (Å²) in [5.74, 6) is -0.254. The lowest BCUT2D eigenvalue weighted by molar-refractivity contribution is -0.124. The topological polar surface area (TPSA) is 106 Å². The van der Waals surface area contributed by atoms with Gasteiger partial charge in [0.1, 0.15) is 16.9 Å². The molecule has 122 valence electrons. The van der Waals surface area contributed by atoms with Crippen molar-refractivity contribution in [1.29, 1.82) is 0 Å². The second kappa shape index (κ2) is 5.38. The van der Waals surface area contributed by atoms with Crippen LogP contribution in [0.15, 0.2) is 22.6 Å². The minimum absolute atomic E-state index is 0.378. The number of nitrogens with one attached hydrogen (secondary N) is 1. The molecule has 1 atom stereocenters. The fourth-order valence-corrected chi connectivity index (χ4v) is 2.68. The van der Waals surface area contributed by atoms with Crippen molar-refractivity contribution in [1.82, 2.24) is 5.32 Å². The van der Waals surface area contributed by atoms with Crippen molar-refractivity contribution in [3.8, 4) is 0 Å². The number of rotatable bonds is 5. The summed E-state index contributed by atoms with van der Waals surface area (Å²) in [5.41, 5.74) is 5.95. The highest BCUT2D eigenvalue weighted by Gasteiger charge is 2.34. The van der Waals surface area contributed by atoms with Gasteiger partial charge in [0.2, 0.25) is 5.91 Å². The zero-order valence-corrected chi connectivity index (χ0v) is 13.2. The summed E-state index contributed by atoms with van der Waals surface area (Å²) in [6, 6.07) is 5.86. The van der Waals surface area contributed by atoms with Crippen LogP contribution in [-0.2, 0) is 4.79 Å². The Morgan fingerprint density at radius 1 is 1.43 bits per heavy atom.